The number of hydrogen-bond donors (Lipinski definition) is 1. The molecule has 1 heterocycles. The van der Waals surface area contributed by atoms with Gasteiger partial charge in [-0.2, -0.15) is 0 Å². The van der Waals surface area contributed by atoms with Crippen LogP contribution in [0.25, 0.3) is 0 Å². The number of carboxylic acid groups (broad SMARTS) is 1. The first-order valence-electron chi connectivity index (χ1n) is 7.03. The van der Waals surface area contributed by atoms with Crippen molar-refractivity contribution in [3.63, 3.8) is 0 Å². The lowest BCUT2D eigenvalue weighted by Crippen LogP contribution is -2.37. The zero-order valence-electron chi connectivity index (χ0n) is 12.8. The third-order valence-corrected chi connectivity index (χ3v) is 3.61. The fourth-order valence-electron chi connectivity index (χ4n) is 2.53. The number of carbonyl (C=O) groups excluding carboxylic acids is 1. The summed E-state index contributed by atoms with van der Waals surface area (Å²) in [5, 5.41) is 9.24. The summed E-state index contributed by atoms with van der Waals surface area (Å²) in [5.41, 5.74) is 1.05. The number of para-hydroxylation sites is 1. The molecular formula is C16H21NO4. The second-order valence-electron chi connectivity index (χ2n) is 6.38. The van der Waals surface area contributed by atoms with Crippen molar-refractivity contribution >= 4 is 17.7 Å². The van der Waals surface area contributed by atoms with Crippen LogP contribution in [-0.2, 0) is 9.53 Å². The van der Waals surface area contributed by atoms with E-state index in [4.69, 9.17) is 4.74 Å². The van der Waals surface area contributed by atoms with E-state index in [2.05, 4.69) is 0 Å². The maximum Gasteiger partial charge on any atom is 0.414 e. The van der Waals surface area contributed by atoms with Crippen molar-refractivity contribution in [1.82, 2.24) is 0 Å². The summed E-state index contributed by atoms with van der Waals surface area (Å²) < 4.78 is 5.41. The number of hydrogen-bond acceptors (Lipinski definition) is 3. The topological polar surface area (TPSA) is 66.8 Å². The smallest absolute Gasteiger partial charge is 0.414 e. The number of carbonyl (C=O) groups is 2. The zero-order valence-corrected chi connectivity index (χ0v) is 12.8. The molecule has 1 aliphatic rings. The maximum atomic E-state index is 12.3. The van der Waals surface area contributed by atoms with Gasteiger partial charge in [0.05, 0.1) is 11.6 Å². The predicted molar refractivity (Wildman–Crippen MR) is 79.6 cm³/mol. The molecular weight excluding hydrogens is 270 g/mol. The van der Waals surface area contributed by atoms with Crippen molar-refractivity contribution in [1.29, 1.82) is 0 Å². The molecule has 0 spiro atoms. The van der Waals surface area contributed by atoms with E-state index in [0.717, 1.165) is 11.3 Å². The second-order valence-corrected chi connectivity index (χ2v) is 6.38. The average molecular weight is 291 g/mol. The zero-order chi connectivity index (χ0) is 15.8. The van der Waals surface area contributed by atoms with E-state index in [1.807, 2.05) is 45.0 Å². The molecule has 5 nitrogen and oxygen atoms in total. The van der Waals surface area contributed by atoms with Crippen molar-refractivity contribution in [2.75, 3.05) is 11.4 Å². The summed E-state index contributed by atoms with van der Waals surface area (Å²) in [7, 11) is 0. The fraction of sp³-hybridized carbons (Fsp3) is 0.500. The summed E-state index contributed by atoms with van der Waals surface area (Å²) >= 11 is 0. The lowest BCUT2D eigenvalue weighted by Gasteiger charge is -2.25. The lowest BCUT2D eigenvalue weighted by molar-refractivity contribution is -0.141. The third-order valence-electron chi connectivity index (χ3n) is 3.61. The Kier molecular flexibility index (Phi) is 3.94. The van der Waals surface area contributed by atoms with Gasteiger partial charge in [0.15, 0.2) is 0 Å². The van der Waals surface area contributed by atoms with Crippen LogP contribution in [-0.4, -0.2) is 29.3 Å². The molecule has 2 rings (SSSR count). The van der Waals surface area contributed by atoms with Crippen LogP contribution >= 0.6 is 0 Å². The highest BCUT2D eigenvalue weighted by Crippen LogP contribution is 2.40. The van der Waals surface area contributed by atoms with Crippen LogP contribution in [0.5, 0.6) is 0 Å². The van der Waals surface area contributed by atoms with E-state index in [0.29, 0.717) is 6.54 Å². The average Bonchev–Trinajstić information content (AvgIpc) is 2.75. The van der Waals surface area contributed by atoms with Crippen LogP contribution in [0.15, 0.2) is 24.3 Å². The van der Waals surface area contributed by atoms with E-state index in [-0.39, 0.29) is 5.92 Å². The van der Waals surface area contributed by atoms with E-state index in [9.17, 15) is 14.7 Å². The number of rotatable bonds is 2. The van der Waals surface area contributed by atoms with Crippen LogP contribution in [0.4, 0.5) is 10.5 Å². The number of aliphatic carboxylic acids is 1. The summed E-state index contributed by atoms with van der Waals surface area (Å²) in [6.07, 6.45) is -0.435. The number of nitrogens with zero attached hydrogens (tertiary/aromatic N) is 1. The Balaban J connectivity index is 2.31. The summed E-state index contributed by atoms with van der Waals surface area (Å²) in [5.74, 6) is -1.63. The molecule has 0 aliphatic carbocycles. The number of anilines is 1. The molecule has 1 aromatic carbocycles. The Bertz CT molecular complexity index is 562. The molecule has 1 aromatic rings. The Morgan fingerprint density at radius 1 is 1.33 bits per heavy atom. The van der Waals surface area contributed by atoms with Gasteiger partial charge in [-0.15, -0.1) is 0 Å². The molecule has 0 bridgehead atoms. The molecule has 0 fully saturated rings. The van der Waals surface area contributed by atoms with Gasteiger partial charge in [0.2, 0.25) is 0 Å². The third kappa shape index (κ3) is 3.17. The van der Waals surface area contributed by atoms with E-state index >= 15 is 0 Å². The number of carboxylic acids is 1. The van der Waals surface area contributed by atoms with Crippen molar-refractivity contribution < 1.29 is 19.4 Å². The van der Waals surface area contributed by atoms with Gasteiger partial charge < -0.3 is 9.84 Å². The van der Waals surface area contributed by atoms with Gasteiger partial charge >= 0.3 is 12.1 Å². The van der Waals surface area contributed by atoms with Crippen LogP contribution in [0.3, 0.4) is 0 Å². The Morgan fingerprint density at radius 2 is 1.95 bits per heavy atom. The minimum absolute atomic E-state index is 0.216. The normalized spacial score (nSPS) is 19.0. The Hall–Kier alpha value is -2.04. The van der Waals surface area contributed by atoms with E-state index in [1.54, 1.807) is 6.92 Å². The van der Waals surface area contributed by atoms with Crippen LogP contribution in [0, 0.1) is 5.92 Å². The number of benzene rings is 1. The number of fused-ring (bicyclic) bond motifs is 1. The number of amides is 1. The molecule has 1 aliphatic heterocycles. The standard InChI is InChI=1S/C16H21NO4/c1-10(14(18)19)12-9-17(15(20)21-16(2,3)4)13-8-6-5-7-11(12)13/h5-8,10,12H,9H2,1-4H3,(H,18,19)/t10?,12-/m1/s1. The minimum Gasteiger partial charge on any atom is -0.481 e. The van der Waals surface area contributed by atoms with E-state index in [1.165, 1.54) is 4.90 Å². The predicted octanol–water partition coefficient (Wildman–Crippen LogP) is 3.25. The highest BCUT2D eigenvalue weighted by molar-refractivity contribution is 5.91. The van der Waals surface area contributed by atoms with Gasteiger partial charge in [0.1, 0.15) is 5.60 Å². The lowest BCUT2D eigenvalue weighted by atomic mass is 9.89. The molecule has 0 aromatic heterocycles. The van der Waals surface area contributed by atoms with Crippen molar-refractivity contribution in [3.8, 4) is 0 Å². The molecule has 0 saturated carbocycles. The van der Waals surface area contributed by atoms with Gasteiger partial charge in [-0.3, -0.25) is 9.69 Å². The van der Waals surface area contributed by atoms with Crippen LogP contribution < -0.4 is 4.90 Å². The molecule has 5 heteroatoms. The van der Waals surface area contributed by atoms with E-state index < -0.39 is 23.6 Å². The summed E-state index contributed by atoms with van der Waals surface area (Å²) in [4.78, 5) is 25.1. The second kappa shape index (κ2) is 5.39. The quantitative estimate of drug-likeness (QED) is 0.908. The maximum absolute atomic E-state index is 12.3. The molecule has 114 valence electrons. The van der Waals surface area contributed by atoms with Crippen LogP contribution in [0.2, 0.25) is 0 Å². The Morgan fingerprint density at radius 3 is 2.52 bits per heavy atom. The molecule has 2 atom stereocenters. The van der Waals surface area contributed by atoms with Gasteiger partial charge in [-0.05, 0) is 32.4 Å². The molecule has 1 unspecified atom stereocenters. The SMILES string of the molecule is CC(C(=O)O)[C@H]1CN(C(=O)OC(C)(C)C)c2ccccc21. The summed E-state index contributed by atoms with van der Waals surface area (Å²) in [6, 6.07) is 7.40. The van der Waals surface area contributed by atoms with Crippen molar-refractivity contribution in [3.05, 3.63) is 29.8 Å². The number of ether oxygens (including phenoxy) is 1. The van der Waals surface area contributed by atoms with Gasteiger partial charge in [-0.1, -0.05) is 25.1 Å². The Labute approximate surface area is 124 Å². The molecule has 21 heavy (non-hydrogen) atoms. The van der Waals surface area contributed by atoms with Gasteiger partial charge in [0, 0.05) is 12.5 Å². The first-order valence-corrected chi connectivity index (χ1v) is 7.03. The molecule has 1 amide bonds. The fourth-order valence-corrected chi connectivity index (χ4v) is 2.53. The van der Waals surface area contributed by atoms with Gasteiger partial charge in [0.25, 0.3) is 0 Å². The molecule has 0 saturated heterocycles. The highest BCUT2D eigenvalue weighted by Gasteiger charge is 2.39. The first-order chi connectivity index (χ1) is 9.70. The largest absolute Gasteiger partial charge is 0.481 e. The van der Waals surface area contributed by atoms with Crippen LogP contribution in [0.1, 0.15) is 39.2 Å². The molecule has 1 N–H and O–H groups in total. The highest BCUT2D eigenvalue weighted by atomic mass is 16.6. The van der Waals surface area contributed by atoms with Crippen molar-refractivity contribution in [2.45, 2.75) is 39.2 Å². The van der Waals surface area contributed by atoms with Crippen molar-refractivity contribution in [2.24, 2.45) is 5.92 Å². The van der Waals surface area contributed by atoms with Gasteiger partial charge in [-0.25, -0.2) is 4.79 Å². The minimum atomic E-state index is -0.860. The first kappa shape index (κ1) is 15.4. The monoisotopic (exact) mass is 291 g/mol. The summed E-state index contributed by atoms with van der Waals surface area (Å²) in [6.45, 7) is 7.43. The molecule has 0 radical (unpaired) electrons.